The number of benzene rings is 1. The number of nitrogens with one attached hydrogen (secondary N) is 2. The molecule has 0 spiro atoms. The van der Waals surface area contributed by atoms with Crippen molar-refractivity contribution in [2.24, 2.45) is 0 Å². The van der Waals surface area contributed by atoms with E-state index < -0.39 is 9.96 Å². The van der Waals surface area contributed by atoms with Crippen molar-refractivity contribution < 1.29 is 9.69 Å². The molecule has 2 N–H and O–H groups in total. The highest BCUT2D eigenvalue weighted by atomic mass is 35.6. The first-order valence-corrected chi connectivity index (χ1v) is 7.87. The highest BCUT2D eigenvalue weighted by molar-refractivity contribution is 6.68. The maximum Gasteiger partial charge on any atom is 0.262 e. The van der Waals surface area contributed by atoms with Crippen LogP contribution in [0.25, 0.3) is 0 Å². The van der Waals surface area contributed by atoms with Crippen LogP contribution >= 0.6 is 46.4 Å². The zero-order chi connectivity index (χ0) is 14.8. The molecular weight excluding hydrogens is 342 g/mol. The Labute approximate surface area is 138 Å². The Morgan fingerprint density at radius 1 is 1.15 bits per heavy atom. The lowest BCUT2D eigenvalue weighted by Gasteiger charge is -2.30. The summed E-state index contributed by atoms with van der Waals surface area (Å²) in [6.07, 6.45) is 1.59. The van der Waals surface area contributed by atoms with Crippen molar-refractivity contribution >= 4 is 52.3 Å². The van der Waals surface area contributed by atoms with E-state index in [0.29, 0.717) is 10.6 Å². The predicted octanol–water partition coefficient (Wildman–Crippen LogP) is 2.44. The van der Waals surface area contributed by atoms with Gasteiger partial charge in [-0.3, -0.25) is 10.1 Å². The van der Waals surface area contributed by atoms with Crippen molar-refractivity contribution in [2.75, 3.05) is 13.1 Å². The van der Waals surface area contributed by atoms with Crippen molar-refractivity contribution in [2.45, 2.75) is 22.8 Å². The van der Waals surface area contributed by atoms with Gasteiger partial charge >= 0.3 is 0 Å². The number of rotatable bonds is 3. The van der Waals surface area contributed by atoms with Gasteiger partial charge in [0.25, 0.3) is 9.70 Å². The highest BCUT2D eigenvalue weighted by Gasteiger charge is 2.43. The molecule has 0 aliphatic carbocycles. The summed E-state index contributed by atoms with van der Waals surface area (Å²) in [6, 6.07) is 6.60. The van der Waals surface area contributed by atoms with Crippen molar-refractivity contribution in [1.29, 1.82) is 0 Å². The number of carbonyl (C=O) groups is 1. The Balaban J connectivity index is 2.11. The van der Waals surface area contributed by atoms with E-state index in [-0.39, 0.29) is 5.91 Å². The van der Waals surface area contributed by atoms with Gasteiger partial charge < -0.3 is 4.90 Å². The fraction of sp³-hybridized carbons (Fsp3) is 0.462. The number of likely N-dealkylation sites (tertiary alicyclic amines) is 1. The molecule has 0 aromatic heterocycles. The summed E-state index contributed by atoms with van der Waals surface area (Å²) >= 11 is 23.8. The number of quaternary nitrogens is 1. The standard InChI is InChI=1S/C13H14Cl4N2O/c14-10-5-3-9(4-6-10)11(20)18-12(13(15,16)17)19-7-1-2-8-19/h3-6,12H,1-2,7-8H2,(H,18,20)/p+1/t12-/m1/s1. The lowest BCUT2D eigenvalue weighted by Crippen LogP contribution is -3.17. The topological polar surface area (TPSA) is 33.5 Å². The number of halogens is 4. The normalized spacial score (nSPS) is 18.0. The highest BCUT2D eigenvalue weighted by Crippen LogP contribution is 2.28. The second-order valence-corrected chi connectivity index (χ2v) is 7.63. The Morgan fingerprint density at radius 2 is 1.70 bits per heavy atom. The fourth-order valence-electron chi connectivity index (χ4n) is 2.35. The van der Waals surface area contributed by atoms with Gasteiger partial charge in [-0.15, -0.1) is 0 Å². The average molecular weight is 357 g/mol. The molecule has 7 heteroatoms. The van der Waals surface area contributed by atoms with Crippen LogP contribution in [0.15, 0.2) is 24.3 Å². The zero-order valence-corrected chi connectivity index (χ0v) is 13.7. The SMILES string of the molecule is O=C(N[C@H]([NH+]1CCCC1)C(Cl)(Cl)Cl)c1ccc(Cl)cc1. The third kappa shape index (κ3) is 4.15. The van der Waals surface area contributed by atoms with E-state index >= 15 is 0 Å². The second-order valence-electron chi connectivity index (χ2n) is 4.82. The smallest absolute Gasteiger partial charge is 0.262 e. The number of hydrogen-bond acceptors (Lipinski definition) is 1. The molecule has 3 nitrogen and oxygen atoms in total. The Morgan fingerprint density at radius 3 is 2.20 bits per heavy atom. The number of carbonyl (C=O) groups excluding carboxylic acids is 1. The van der Waals surface area contributed by atoms with Gasteiger partial charge in [-0.1, -0.05) is 46.4 Å². The third-order valence-electron chi connectivity index (χ3n) is 3.36. The van der Waals surface area contributed by atoms with Gasteiger partial charge in [-0.2, -0.15) is 0 Å². The minimum Gasteiger partial charge on any atom is -0.312 e. The molecule has 0 unspecified atom stereocenters. The zero-order valence-electron chi connectivity index (χ0n) is 10.6. The average Bonchev–Trinajstić information content (AvgIpc) is 2.88. The largest absolute Gasteiger partial charge is 0.312 e. The van der Waals surface area contributed by atoms with Crippen LogP contribution in [0.2, 0.25) is 5.02 Å². The monoisotopic (exact) mass is 355 g/mol. The van der Waals surface area contributed by atoms with Gasteiger partial charge in [0.15, 0.2) is 0 Å². The Kier molecular flexibility index (Phi) is 5.43. The molecule has 1 aliphatic heterocycles. The van der Waals surface area contributed by atoms with Crippen LogP contribution in [-0.2, 0) is 0 Å². The summed E-state index contributed by atoms with van der Waals surface area (Å²) in [6.45, 7) is 1.78. The summed E-state index contributed by atoms with van der Waals surface area (Å²) in [5, 5.41) is 3.39. The molecule has 1 fully saturated rings. The third-order valence-corrected chi connectivity index (χ3v) is 4.27. The Hall–Kier alpha value is -0.190. The summed E-state index contributed by atoms with van der Waals surface area (Å²) in [7, 11) is 0. The van der Waals surface area contributed by atoms with Crippen LogP contribution in [0.4, 0.5) is 0 Å². The van der Waals surface area contributed by atoms with Crippen LogP contribution in [0, 0.1) is 0 Å². The molecule has 0 bridgehead atoms. The van der Waals surface area contributed by atoms with Crippen molar-refractivity contribution in [1.82, 2.24) is 5.32 Å². The molecule has 20 heavy (non-hydrogen) atoms. The van der Waals surface area contributed by atoms with Crippen molar-refractivity contribution in [3.05, 3.63) is 34.9 Å². The summed E-state index contributed by atoms with van der Waals surface area (Å²) in [5.41, 5.74) is 0.493. The Bertz CT molecular complexity index is 466. The van der Waals surface area contributed by atoms with Crippen molar-refractivity contribution in [3.8, 4) is 0 Å². The summed E-state index contributed by atoms with van der Waals surface area (Å²) in [4.78, 5) is 13.3. The van der Waals surface area contributed by atoms with Crippen LogP contribution in [-0.4, -0.2) is 29.0 Å². The van der Waals surface area contributed by atoms with E-state index in [2.05, 4.69) is 5.32 Å². The van der Waals surface area contributed by atoms with E-state index in [1.54, 1.807) is 24.3 Å². The van der Waals surface area contributed by atoms with E-state index in [9.17, 15) is 4.79 Å². The number of hydrogen-bond donors (Lipinski definition) is 2. The predicted molar refractivity (Wildman–Crippen MR) is 82.9 cm³/mol. The van der Waals surface area contributed by atoms with Crippen LogP contribution < -0.4 is 10.2 Å². The van der Waals surface area contributed by atoms with E-state index in [0.717, 1.165) is 30.8 Å². The van der Waals surface area contributed by atoms with Gasteiger partial charge in [-0.05, 0) is 24.3 Å². The van der Waals surface area contributed by atoms with E-state index in [1.165, 1.54) is 0 Å². The van der Waals surface area contributed by atoms with Gasteiger partial charge in [0.1, 0.15) is 0 Å². The van der Waals surface area contributed by atoms with Crippen LogP contribution in [0.1, 0.15) is 23.2 Å². The number of amides is 1. The van der Waals surface area contributed by atoms with E-state index in [1.807, 2.05) is 0 Å². The fourth-order valence-corrected chi connectivity index (χ4v) is 3.10. The molecule has 1 aromatic carbocycles. The molecule has 2 rings (SSSR count). The minimum atomic E-state index is -1.54. The first kappa shape index (κ1) is 16.2. The lowest BCUT2D eigenvalue weighted by molar-refractivity contribution is -0.915. The first-order chi connectivity index (χ1) is 9.38. The molecule has 0 radical (unpaired) electrons. The second kappa shape index (κ2) is 6.71. The molecule has 0 saturated carbocycles. The van der Waals surface area contributed by atoms with Crippen molar-refractivity contribution in [3.63, 3.8) is 0 Å². The number of alkyl halides is 3. The molecule has 1 aliphatic rings. The lowest BCUT2D eigenvalue weighted by atomic mass is 10.2. The summed E-state index contributed by atoms with van der Waals surface area (Å²) < 4.78 is -1.54. The molecule has 110 valence electrons. The van der Waals surface area contributed by atoms with Gasteiger partial charge in [0, 0.05) is 23.4 Å². The van der Waals surface area contributed by atoms with Gasteiger partial charge in [0.05, 0.1) is 13.1 Å². The van der Waals surface area contributed by atoms with Crippen LogP contribution in [0.5, 0.6) is 0 Å². The summed E-state index contributed by atoms with van der Waals surface area (Å²) in [5.74, 6) is -0.266. The molecule has 1 aromatic rings. The van der Waals surface area contributed by atoms with E-state index in [4.69, 9.17) is 46.4 Å². The minimum absolute atomic E-state index is 0.266. The molecular formula is C13H15Cl4N2O+. The van der Waals surface area contributed by atoms with Gasteiger partial charge in [-0.25, -0.2) is 0 Å². The first-order valence-electron chi connectivity index (χ1n) is 6.35. The molecule has 1 atom stereocenters. The maximum absolute atomic E-state index is 12.2. The quantitative estimate of drug-likeness (QED) is 0.801. The molecule has 1 amide bonds. The molecule has 1 saturated heterocycles. The maximum atomic E-state index is 12.2. The van der Waals surface area contributed by atoms with Crippen LogP contribution in [0.3, 0.4) is 0 Å². The molecule has 1 heterocycles. The van der Waals surface area contributed by atoms with Gasteiger partial charge in [0.2, 0.25) is 6.17 Å².